The van der Waals surface area contributed by atoms with Gasteiger partial charge in [0, 0.05) is 20.0 Å². The third kappa shape index (κ3) is 2.87. The molecule has 1 unspecified atom stereocenters. The van der Waals surface area contributed by atoms with Crippen molar-refractivity contribution >= 4 is 33.1 Å². The van der Waals surface area contributed by atoms with Crippen molar-refractivity contribution in [2.75, 3.05) is 31.6 Å². The van der Waals surface area contributed by atoms with Gasteiger partial charge in [0.05, 0.1) is 23.4 Å². The number of anilines is 1. The van der Waals surface area contributed by atoms with Crippen LogP contribution in [0.4, 0.5) is 5.82 Å². The van der Waals surface area contributed by atoms with Gasteiger partial charge in [0.15, 0.2) is 0 Å². The van der Waals surface area contributed by atoms with E-state index in [9.17, 15) is 0 Å². The quantitative estimate of drug-likeness (QED) is 0.718. The predicted molar refractivity (Wildman–Crippen MR) is 101 cm³/mol. The highest BCUT2D eigenvalue weighted by molar-refractivity contribution is 7.19. The maximum atomic E-state index is 4.80. The van der Waals surface area contributed by atoms with Crippen LogP contribution in [0.3, 0.4) is 0 Å². The van der Waals surface area contributed by atoms with Gasteiger partial charge in [-0.25, -0.2) is 0 Å². The van der Waals surface area contributed by atoms with Gasteiger partial charge in [-0.15, -0.1) is 11.3 Å². The summed E-state index contributed by atoms with van der Waals surface area (Å²) in [6.07, 6.45) is 4.70. The van der Waals surface area contributed by atoms with Crippen LogP contribution >= 0.6 is 11.3 Å². The van der Waals surface area contributed by atoms with Gasteiger partial charge in [-0.2, -0.15) is 9.50 Å². The highest BCUT2D eigenvalue weighted by Gasteiger charge is 2.28. The van der Waals surface area contributed by atoms with Gasteiger partial charge < -0.3 is 9.80 Å². The Labute approximate surface area is 151 Å². The molecule has 0 aromatic carbocycles. The molecule has 1 N–H and O–H groups in total. The fourth-order valence-electron chi connectivity index (χ4n) is 3.78. The number of nitrogens with zero attached hydrogens (tertiary/aromatic N) is 6. The molecule has 4 rings (SSSR count). The van der Waals surface area contributed by atoms with Crippen LogP contribution in [-0.2, 0) is 13.0 Å². The summed E-state index contributed by atoms with van der Waals surface area (Å²) >= 11 is 1.85. The molecule has 0 radical (unpaired) electrons. The Bertz CT molecular complexity index is 884. The largest absolute Gasteiger partial charge is 0.359 e. The summed E-state index contributed by atoms with van der Waals surface area (Å²) in [5, 5.41) is 13.4. The number of unbranched alkanes of at least 4 members (excludes halogenated alkanes) is 1. The minimum absolute atomic E-state index is 0.599. The van der Waals surface area contributed by atoms with E-state index < -0.39 is 0 Å². The summed E-state index contributed by atoms with van der Waals surface area (Å²) in [4.78, 5) is 11.4. The number of rotatable bonds is 6. The molecule has 7 nitrogen and oxygen atoms in total. The molecule has 0 spiro atoms. The molecule has 0 saturated carbocycles. The van der Waals surface area contributed by atoms with Gasteiger partial charge >= 0.3 is 0 Å². The molecule has 25 heavy (non-hydrogen) atoms. The van der Waals surface area contributed by atoms with Crippen molar-refractivity contribution in [1.29, 1.82) is 0 Å². The Hall–Kier alpha value is -1.80. The second kappa shape index (κ2) is 6.84. The average molecular weight is 361 g/mol. The van der Waals surface area contributed by atoms with E-state index in [4.69, 9.17) is 4.98 Å². The van der Waals surface area contributed by atoms with E-state index in [0.29, 0.717) is 5.78 Å². The lowest BCUT2D eigenvalue weighted by molar-refractivity contribution is -0.915. The van der Waals surface area contributed by atoms with Gasteiger partial charge in [-0.05, 0) is 28.8 Å². The van der Waals surface area contributed by atoms with E-state index in [0.717, 1.165) is 36.6 Å². The van der Waals surface area contributed by atoms with E-state index >= 15 is 0 Å². The zero-order valence-corrected chi connectivity index (χ0v) is 16.1. The molecule has 1 aliphatic heterocycles. The smallest absolute Gasteiger partial charge is 0.276 e. The Balaban J connectivity index is 1.86. The zero-order valence-electron chi connectivity index (χ0n) is 15.2. The molecule has 134 valence electrons. The number of aromatic nitrogens is 5. The van der Waals surface area contributed by atoms with Crippen LogP contribution in [0.2, 0.25) is 0 Å². The normalized spacial score (nSPS) is 17.3. The number of tetrazole rings is 1. The number of hydrogen-bond acceptors (Lipinski definition) is 6. The van der Waals surface area contributed by atoms with E-state index in [-0.39, 0.29) is 0 Å². The molecule has 8 heteroatoms. The molecule has 0 fully saturated rings. The van der Waals surface area contributed by atoms with Crippen molar-refractivity contribution in [2.45, 2.75) is 46.1 Å². The van der Waals surface area contributed by atoms with Crippen LogP contribution in [0.25, 0.3) is 16.0 Å². The number of hydrogen-bond donors (Lipinski definition) is 1. The lowest BCUT2D eigenvalue weighted by Gasteiger charge is -2.24. The van der Waals surface area contributed by atoms with Gasteiger partial charge in [-0.1, -0.05) is 25.4 Å². The van der Waals surface area contributed by atoms with Crippen molar-refractivity contribution in [3.63, 3.8) is 0 Å². The summed E-state index contributed by atoms with van der Waals surface area (Å²) in [6, 6.07) is 0. The van der Waals surface area contributed by atoms with Gasteiger partial charge in [-0.3, -0.25) is 0 Å². The van der Waals surface area contributed by atoms with Crippen molar-refractivity contribution in [2.24, 2.45) is 0 Å². The third-order valence-electron chi connectivity index (χ3n) is 5.10. The molecule has 0 amide bonds. The van der Waals surface area contributed by atoms with E-state index in [1.165, 1.54) is 41.8 Å². The summed E-state index contributed by atoms with van der Waals surface area (Å²) in [5.74, 6) is 1.64. The summed E-state index contributed by atoms with van der Waals surface area (Å²) in [6.45, 7) is 9.06. The van der Waals surface area contributed by atoms with Gasteiger partial charge in [0.1, 0.15) is 17.2 Å². The Morgan fingerprint density at radius 2 is 2.16 bits per heavy atom. The molecule has 4 heterocycles. The zero-order chi connectivity index (χ0) is 17.4. The summed E-state index contributed by atoms with van der Waals surface area (Å²) in [7, 11) is 2.14. The molecular weight excluding hydrogens is 334 g/mol. The maximum Gasteiger partial charge on any atom is 0.276 e. The number of quaternary nitrogens is 1. The molecule has 3 aromatic rings. The lowest BCUT2D eigenvalue weighted by Crippen LogP contribution is -3.11. The van der Waals surface area contributed by atoms with Crippen LogP contribution in [0.5, 0.6) is 0 Å². The van der Waals surface area contributed by atoms with Crippen molar-refractivity contribution < 1.29 is 4.90 Å². The highest BCUT2D eigenvalue weighted by atomic mass is 32.1. The lowest BCUT2D eigenvalue weighted by atomic mass is 10.0. The SMILES string of the molecule is CCCCN(C)c1nc2nnnn2c2sc3c(c12)CC[NH+](CCC)C3. The summed E-state index contributed by atoms with van der Waals surface area (Å²) in [5.41, 5.74) is 1.48. The van der Waals surface area contributed by atoms with Gasteiger partial charge in [0.25, 0.3) is 5.78 Å². The second-order valence-electron chi connectivity index (χ2n) is 6.96. The fourth-order valence-corrected chi connectivity index (χ4v) is 5.14. The van der Waals surface area contributed by atoms with Crippen LogP contribution in [0.1, 0.15) is 43.6 Å². The number of fused-ring (bicyclic) bond motifs is 5. The first-order valence-corrected chi connectivity index (χ1v) is 10.1. The molecule has 0 saturated heterocycles. The highest BCUT2D eigenvalue weighted by Crippen LogP contribution is 2.37. The first-order valence-electron chi connectivity index (χ1n) is 9.30. The Kier molecular flexibility index (Phi) is 4.56. The Morgan fingerprint density at radius 3 is 2.96 bits per heavy atom. The van der Waals surface area contributed by atoms with E-state index in [1.54, 1.807) is 4.90 Å². The molecule has 0 bridgehead atoms. The predicted octanol–water partition coefficient (Wildman–Crippen LogP) is 1.32. The first-order chi connectivity index (χ1) is 12.2. The van der Waals surface area contributed by atoms with Crippen LogP contribution in [-0.4, -0.2) is 51.7 Å². The van der Waals surface area contributed by atoms with Crippen LogP contribution < -0.4 is 9.80 Å². The number of nitrogens with one attached hydrogen (secondary N) is 1. The van der Waals surface area contributed by atoms with E-state index in [2.05, 4.69) is 41.3 Å². The monoisotopic (exact) mass is 360 g/mol. The molecule has 1 aliphatic rings. The molecular formula is C17H26N7S+. The first kappa shape index (κ1) is 16.7. The second-order valence-corrected chi connectivity index (χ2v) is 8.05. The number of thiophene rings is 1. The van der Waals surface area contributed by atoms with E-state index in [1.807, 2.05) is 15.9 Å². The fraction of sp³-hybridized carbons (Fsp3) is 0.647. The third-order valence-corrected chi connectivity index (χ3v) is 6.31. The average Bonchev–Trinajstić information content (AvgIpc) is 3.22. The van der Waals surface area contributed by atoms with Crippen LogP contribution in [0.15, 0.2) is 0 Å². The molecule has 3 aromatic heterocycles. The summed E-state index contributed by atoms with van der Waals surface area (Å²) < 4.78 is 1.81. The molecule has 1 atom stereocenters. The van der Waals surface area contributed by atoms with Crippen LogP contribution in [0, 0.1) is 0 Å². The maximum absolute atomic E-state index is 4.80. The standard InChI is InChI=1S/C17H25N7S/c1-4-6-9-22(3)15-14-12-7-10-23(8-5-2)11-13(12)25-16(14)24-17(18-15)19-20-21-24/h4-11H2,1-3H3/p+1. The Morgan fingerprint density at radius 1 is 1.28 bits per heavy atom. The van der Waals surface area contributed by atoms with Crippen molar-refractivity contribution in [3.8, 4) is 0 Å². The van der Waals surface area contributed by atoms with Crippen molar-refractivity contribution in [3.05, 3.63) is 10.4 Å². The minimum Gasteiger partial charge on any atom is -0.359 e. The molecule has 0 aliphatic carbocycles. The van der Waals surface area contributed by atoms with Gasteiger partial charge in [0.2, 0.25) is 0 Å². The van der Waals surface area contributed by atoms with Crippen molar-refractivity contribution in [1.82, 2.24) is 25.0 Å². The minimum atomic E-state index is 0.599. The topological polar surface area (TPSA) is 63.7 Å².